The third kappa shape index (κ3) is 1.98. The van der Waals surface area contributed by atoms with Crippen LogP contribution in [0.3, 0.4) is 0 Å². The minimum Gasteiger partial charge on any atom is -0.385 e. The van der Waals surface area contributed by atoms with Crippen LogP contribution in [0, 0.1) is 5.82 Å². The van der Waals surface area contributed by atoms with E-state index in [1.807, 2.05) is 6.07 Å². The molecule has 2 heterocycles. The molecule has 0 saturated carbocycles. The van der Waals surface area contributed by atoms with E-state index < -0.39 is 5.60 Å². The predicted molar refractivity (Wildman–Crippen MR) is 64.1 cm³/mol. The van der Waals surface area contributed by atoms with E-state index in [2.05, 4.69) is 4.90 Å². The normalized spacial score (nSPS) is 33.6. The smallest absolute Gasteiger partial charge is 0.123 e. The molecule has 92 valence electrons. The van der Waals surface area contributed by atoms with Gasteiger partial charge >= 0.3 is 0 Å². The van der Waals surface area contributed by atoms with E-state index >= 15 is 0 Å². The monoisotopic (exact) mass is 235 g/mol. The lowest BCUT2D eigenvalue weighted by molar-refractivity contribution is -0.0410. The molecule has 0 aromatic heterocycles. The third-order valence-corrected chi connectivity index (χ3v) is 4.25. The molecule has 0 bridgehead atoms. The molecule has 2 aliphatic heterocycles. The highest BCUT2D eigenvalue weighted by Gasteiger charge is 2.41. The van der Waals surface area contributed by atoms with Crippen LogP contribution in [0.25, 0.3) is 0 Å². The summed E-state index contributed by atoms with van der Waals surface area (Å²) in [5.41, 5.74) is -0.0859. The number of halogens is 1. The summed E-state index contributed by atoms with van der Waals surface area (Å²) in [7, 11) is 0. The first-order valence-electron chi connectivity index (χ1n) is 6.40. The van der Waals surface area contributed by atoms with Crippen molar-refractivity contribution in [3.8, 4) is 0 Å². The molecule has 0 radical (unpaired) electrons. The Hall–Kier alpha value is -0.930. The van der Waals surface area contributed by atoms with Crippen LogP contribution in [0.5, 0.6) is 0 Å². The Morgan fingerprint density at radius 2 is 2.24 bits per heavy atom. The SMILES string of the molecule is OC1(c2cccc(F)c2)CCN2CCCC2C1. The zero-order chi connectivity index (χ0) is 11.9. The average molecular weight is 235 g/mol. The van der Waals surface area contributed by atoms with Gasteiger partial charge in [-0.25, -0.2) is 4.39 Å². The van der Waals surface area contributed by atoms with Crippen LogP contribution in [-0.4, -0.2) is 29.1 Å². The Bertz CT molecular complexity index is 422. The van der Waals surface area contributed by atoms with Gasteiger partial charge in [-0.05, 0) is 49.9 Å². The summed E-state index contributed by atoms with van der Waals surface area (Å²) in [6.45, 7) is 2.08. The van der Waals surface area contributed by atoms with Crippen LogP contribution in [0.1, 0.15) is 31.2 Å². The van der Waals surface area contributed by atoms with E-state index in [1.54, 1.807) is 6.07 Å². The van der Waals surface area contributed by atoms with E-state index in [-0.39, 0.29) is 5.82 Å². The van der Waals surface area contributed by atoms with Crippen molar-refractivity contribution in [1.82, 2.24) is 4.90 Å². The van der Waals surface area contributed by atoms with Gasteiger partial charge in [0.1, 0.15) is 5.82 Å². The summed E-state index contributed by atoms with van der Waals surface area (Å²) in [6, 6.07) is 6.91. The maximum absolute atomic E-state index is 13.2. The average Bonchev–Trinajstić information content (AvgIpc) is 2.76. The fourth-order valence-corrected chi connectivity index (χ4v) is 3.28. The second-order valence-electron chi connectivity index (χ2n) is 5.33. The van der Waals surface area contributed by atoms with Crippen molar-refractivity contribution in [3.05, 3.63) is 35.6 Å². The molecule has 2 aliphatic rings. The van der Waals surface area contributed by atoms with Crippen LogP contribution >= 0.6 is 0 Å². The summed E-state index contributed by atoms with van der Waals surface area (Å²) in [6.07, 6.45) is 3.85. The molecule has 2 atom stereocenters. The summed E-state index contributed by atoms with van der Waals surface area (Å²) >= 11 is 0. The summed E-state index contributed by atoms with van der Waals surface area (Å²) < 4.78 is 13.2. The highest BCUT2D eigenvalue weighted by molar-refractivity contribution is 5.24. The Labute approximate surface area is 101 Å². The van der Waals surface area contributed by atoms with Crippen LogP contribution in [0.15, 0.2) is 24.3 Å². The van der Waals surface area contributed by atoms with Crippen molar-refractivity contribution in [2.45, 2.75) is 37.3 Å². The van der Waals surface area contributed by atoms with Gasteiger partial charge in [-0.2, -0.15) is 0 Å². The van der Waals surface area contributed by atoms with Gasteiger partial charge in [0.25, 0.3) is 0 Å². The zero-order valence-corrected chi connectivity index (χ0v) is 9.90. The summed E-state index contributed by atoms with van der Waals surface area (Å²) in [4.78, 5) is 2.45. The zero-order valence-electron chi connectivity index (χ0n) is 9.90. The Morgan fingerprint density at radius 3 is 3.06 bits per heavy atom. The molecule has 2 saturated heterocycles. The van der Waals surface area contributed by atoms with Gasteiger partial charge in [-0.1, -0.05) is 12.1 Å². The van der Waals surface area contributed by atoms with Gasteiger partial charge in [-0.3, -0.25) is 0 Å². The molecule has 0 spiro atoms. The molecule has 3 heteroatoms. The first-order chi connectivity index (χ1) is 8.17. The highest BCUT2D eigenvalue weighted by atomic mass is 19.1. The van der Waals surface area contributed by atoms with Gasteiger partial charge in [0.05, 0.1) is 5.60 Å². The first-order valence-corrected chi connectivity index (χ1v) is 6.40. The number of fused-ring (bicyclic) bond motifs is 1. The van der Waals surface area contributed by atoms with Crippen molar-refractivity contribution >= 4 is 0 Å². The van der Waals surface area contributed by atoms with Crippen molar-refractivity contribution in [3.63, 3.8) is 0 Å². The molecule has 2 fully saturated rings. The van der Waals surface area contributed by atoms with E-state index in [0.29, 0.717) is 12.5 Å². The molecular weight excluding hydrogens is 217 g/mol. The van der Waals surface area contributed by atoms with Crippen LogP contribution < -0.4 is 0 Å². The topological polar surface area (TPSA) is 23.5 Å². The number of nitrogens with zero attached hydrogens (tertiary/aromatic N) is 1. The number of rotatable bonds is 1. The van der Waals surface area contributed by atoms with Crippen LogP contribution in [0.4, 0.5) is 4.39 Å². The third-order valence-electron chi connectivity index (χ3n) is 4.25. The molecule has 1 aromatic carbocycles. The van der Waals surface area contributed by atoms with Gasteiger partial charge in [0, 0.05) is 12.6 Å². The number of benzene rings is 1. The number of hydrogen-bond donors (Lipinski definition) is 1. The molecule has 0 amide bonds. The number of hydrogen-bond acceptors (Lipinski definition) is 2. The van der Waals surface area contributed by atoms with Gasteiger partial charge in [0.15, 0.2) is 0 Å². The molecule has 0 aliphatic carbocycles. The molecule has 17 heavy (non-hydrogen) atoms. The van der Waals surface area contributed by atoms with Crippen molar-refractivity contribution in [2.75, 3.05) is 13.1 Å². The lowest BCUT2D eigenvalue weighted by atomic mass is 9.81. The van der Waals surface area contributed by atoms with Crippen molar-refractivity contribution in [1.29, 1.82) is 0 Å². The van der Waals surface area contributed by atoms with E-state index in [4.69, 9.17) is 0 Å². The second-order valence-corrected chi connectivity index (χ2v) is 5.33. The minimum absolute atomic E-state index is 0.259. The lowest BCUT2D eigenvalue weighted by Gasteiger charge is -2.41. The highest BCUT2D eigenvalue weighted by Crippen LogP contribution is 2.39. The van der Waals surface area contributed by atoms with Gasteiger partial charge in [0.2, 0.25) is 0 Å². The van der Waals surface area contributed by atoms with E-state index in [9.17, 15) is 9.50 Å². The van der Waals surface area contributed by atoms with Crippen molar-refractivity contribution < 1.29 is 9.50 Å². The molecular formula is C14H18FNO. The second kappa shape index (κ2) is 4.07. The first kappa shape index (κ1) is 11.2. The van der Waals surface area contributed by atoms with Crippen molar-refractivity contribution in [2.24, 2.45) is 0 Å². The quantitative estimate of drug-likeness (QED) is 0.807. The fraction of sp³-hybridized carbons (Fsp3) is 0.571. The molecule has 2 nitrogen and oxygen atoms in total. The van der Waals surface area contributed by atoms with E-state index in [1.165, 1.54) is 18.6 Å². The fourth-order valence-electron chi connectivity index (χ4n) is 3.28. The minimum atomic E-state index is -0.826. The number of aliphatic hydroxyl groups is 1. The van der Waals surface area contributed by atoms with Gasteiger partial charge in [-0.15, -0.1) is 0 Å². The molecule has 1 aromatic rings. The lowest BCUT2D eigenvalue weighted by Crippen LogP contribution is -2.46. The molecule has 3 rings (SSSR count). The molecule has 1 N–H and O–H groups in total. The number of piperidine rings is 1. The summed E-state index contributed by atoms with van der Waals surface area (Å²) in [5.74, 6) is -0.259. The Balaban J connectivity index is 1.86. The molecule has 2 unspecified atom stereocenters. The predicted octanol–water partition coefficient (Wildman–Crippen LogP) is 2.27. The van der Waals surface area contributed by atoms with Gasteiger partial charge < -0.3 is 10.0 Å². The Morgan fingerprint density at radius 1 is 1.35 bits per heavy atom. The largest absolute Gasteiger partial charge is 0.385 e. The van der Waals surface area contributed by atoms with Crippen LogP contribution in [-0.2, 0) is 5.60 Å². The van der Waals surface area contributed by atoms with E-state index in [0.717, 1.165) is 31.5 Å². The summed E-state index contributed by atoms with van der Waals surface area (Å²) in [5, 5.41) is 10.7. The maximum Gasteiger partial charge on any atom is 0.123 e. The maximum atomic E-state index is 13.2. The van der Waals surface area contributed by atoms with Crippen LogP contribution in [0.2, 0.25) is 0 Å². The Kier molecular flexibility index (Phi) is 2.68. The standard InChI is InChI=1S/C14H18FNO/c15-12-4-1-3-11(9-12)14(17)6-8-16-7-2-5-13(16)10-14/h1,3-4,9,13,17H,2,5-8,10H2.